The zero-order valence-electron chi connectivity index (χ0n) is 13.8. The molecule has 0 amide bonds. The average Bonchev–Trinajstić information content (AvgIpc) is 3.12. The van der Waals surface area contributed by atoms with Crippen LogP contribution in [0, 0.1) is 0 Å². The number of pyridine rings is 1. The third-order valence-corrected chi connectivity index (χ3v) is 4.41. The number of hydrogen-bond acceptors (Lipinski definition) is 6. The Morgan fingerprint density at radius 2 is 2.13 bits per heavy atom. The van der Waals surface area contributed by atoms with Crippen molar-refractivity contribution in [2.75, 3.05) is 27.3 Å². The summed E-state index contributed by atoms with van der Waals surface area (Å²) >= 11 is 0. The molecule has 1 aliphatic rings. The molecular formula is C16H23N5O2. The number of imidazole rings is 1. The summed E-state index contributed by atoms with van der Waals surface area (Å²) < 4.78 is 12.8. The average molecular weight is 317 g/mol. The van der Waals surface area contributed by atoms with Crippen LogP contribution in [0.5, 0.6) is 11.5 Å². The molecule has 7 heteroatoms. The fourth-order valence-electron chi connectivity index (χ4n) is 3.26. The molecule has 2 aromatic rings. The van der Waals surface area contributed by atoms with Gasteiger partial charge in [-0.2, -0.15) is 0 Å². The highest BCUT2D eigenvalue weighted by Crippen LogP contribution is 2.32. The van der Waals surface area contributed by atoms with Gasteiger partial charge in [-0.3, -0.25) is 9.88 Å². The second-order valence-electron chi connectivity index (χ2n) is 5.89. The van der Waals surface area contributed by atoms with Crippen LogP contribution in [0.15, 0.2) is 24.8 Å². The first kappa shape index (κ1) is 15.8. The van der Waals surface area contributed by atoms with Gasteiger partial charge >= 0.3 is 0 Å². The van der Waals surface area contributed by atoms with Gasteiger partial charge in [-0.05, 0) is 0 Å². The quantitative estimate of drug-likeness (QED) is 0.877. The van der Waals surface area contributed by atoms with Crippen LogP contribution in [0.1, 0.15) is 17.3 Å². The number of ether oxygens (including phenoxy) is 2. The molecule has 23 heavy (non-hydrogen) atoms. The molecule has 2 N–H and O–H groups in total. The highest BCUT2D eigenvalue weighted by atomic mass is 16.5. The lowest BCUT2D eigenvalue weighted by molar-refractivity contribution is 0.301. The number of likely N-dealkylation sites (tertiary alicyclic amines) is 1. The summed E-state index contributed by atoms with van der Waals surface area (Å²) in [7, 11) is 5.27. The number of hydrogen-bond donors (Lipinski definition) is 1. The van der Waals surface area contributed by atoms with Crippen molar-refractivity contribution in [3.63, 3.8) is 0 Å². The number of nitrogens with zero attached hydrogens (tertiary/aromatic N) is 4. The van der Waals surface area contributed by atoms with Crippen molar-refractivity contribution in [3.8, 4) is 11.5 Å². The maximum atomic E-state index is 6.35. The zero-order chi connectivity index (χ0) is 16.4. The highest BCUT2D eigenvalue weighted by molar-refractivity contribution is 5.42. The summed E-state index contributed by atoms with van der Waals surface area (Å²) in [5.41, 5.74) is 8.39. The maximum absolute atomic E-state index is 6.35. The molecule has 0 spiro atoms. The van der Waals surface area contributed by atoms with Crippen LogP contribution in [0.3, 0.4) is 0 Å². The Morgan fingerprint density at radius 3 is 2.78 bits per heavy atom. The van der Waals surface area contributed by atoms with E-state index in [1.165, 1.54) is 5.69 Å². The molecule has 1 fully saturated rings. The van der Waals surface area contributed by atoms with Gasteiger partial charge in [0.05, 0.1) is 20.5 Å². The lowest BCUT2D eigenvalue weighted by Crippen LogP contribution is -2.29. The van der Waals surface area contributed by atoms with Crippen molar-refractivity contribution in [2.24, 2.45) is 12.8 Å². The van der Waals surface area contributed by atoms with E-state index in [9.17, 15) is 0 Å². The van der Waals surface area contributed by atoms with E-state index < -0.39 is 0 Å². The number of aryl methyl sites for hydroxylation is 1. The Hall–Kier alpha value is -2.12. The molecule has 0 bridgehead atoms. The van der Waals surface area contributed by atoms with Crippen molar-refractivity contribution in [3.05, 3.63) is 36.2 Å². The SMILES string of the molecule is COc1ccnc(CN2C[C@@H](N)[C@H](c3cncn3C)C2)c1OC. The molecule has 7 nitrogen and oxygen atoms in total. The van der Waals surface area contributed by atoms with E-state index in [0.717, 1.165) is 18.8 Å². The van der Waals surface area contributed by atoms with Gasteiger partial charge in [0.25, 0.3) is 0 Å². The fraction of sp³-hybridized carbons (Fsp3) is 0.500. The summed E-state index contributed by atoms with van der Waals surface area (Å²) in [5, 5.41) is 0. The molecular weight excluding hydrogens is 294 g/mol. The number of rotatable bonds is 5. The van der Waals surface area contributed by atoms with E-state index in [1.54, 1.807) is 26.5 Å². The number of methoxy groups -OCH3 is 2. The largest absolute Gasteiger partial charge is 0.493 e. The van der Waals surface area contributed by atoms with E-state index in [2.05, 4.69) is 14.9 Å². The third kappa shape index (κ3) is 3.02. The van der Waals surface area contributed by atoms with Gasteiger partial charge in [0.15, 0.2) is 11.5 Å². The molecule has 3 rings (SSSR count). The van der Waals surface area contributed by atoms with Crippen molar-refractivity contribution < 1.29 is 9.47 Å². The van der Waals surface area contributed by atoms with Crippen LogP contribution in [0.2, 0.25) is 0 Å². The second-order valence-corrected chi connectivity index (χ2v) is 5.89. The minimum Gasteiger partial charge on any atom is -0.493 e. The van der Waals surface area contributed by atoms with Crippen LogP contribution in [-0.4, -0.2) is 52.8 Å². The number of aromatic nitrogens is 3. The molecule has 1 aliphatic heterocycles. The first-order valence-corrected chi connectivity index (χ1v) is 7.64. The third-order valence-electron chi connectivity index (χ3n) is 4.41. The van der Waals surface area contributed by atoms with Crippen LogP contribution >= 0.6 is 0 Å². The molecule has 0 saturated carbocycles. The Morgan fingerprint density at radius 1 is 1.30 bits per heavy atom. The normalized spacial score (nSPS) is 21.6. The van der Waals surface area contributed by atoms with Crippen molar-refractivity contribution >= 4 is 0 Å². The highest BCUT2D eigenvalue weighted by Gasteiger charge is 2.33. The van der Waals surface area contributed by atoms with E-state index in [4.69, 9.17) is 15.2 Å². The summed E-state index contributed by atoms with van der Waals surface area (Å²) in [5.74, 6) is 1.66. The van der Waals surface area contributed by atoms with Crippen LogP contribution in [-0.2, 0) is 13.6 Å². The standard InChI is InChI=1S/C16H23N5O2/c1-20-10-18-6-14(20)11-7-21(8-12(11)17)9-13-16(23-3)15(22-2)4-5-19-13/h4-6,10-12H,7-9,17H2,1-3H3/t11-,12-/m1/s1. The van der Waals surface area contributed by atoms with Crippen molar-refractivity contribution in [1.29, 1.82) is 0 Å². The van der Waals surface area contributed by atoms with Gasteiger partial charge in [0.1, 0.15) is 5.69 Å². The van der Waals surface area contributed by atoms with Crippen molar-refractivity contribution in [1.82, 2.24) is 19.4 Å². The smallest absolute Gasteiger partial charge is 0.183 e. The molecule has 1 saturated heterocycles. The van der Waals surface area contributed by atoms with E-state index in [0.29, 0.717) is 18.0 Å². The number of nitrogens with two attached hydrogens (primary N) is 1. The lowest BCUT2D eigenvalue weighted by Gasteiger charge is -2.18. The van der Waals surface area contributed by atoms with Crippen LogP contribution < -0.4 is 15.2 Å². The maximum Gasteiger partial charge on any atom is 0.183 e. The Balaban J connectivity index is 1.77. The van der Waals surface area contributed by atoms with Gasteiger partial charge in [-0.25, -0.2) is 4.98 Å². The molecule has 0 aliphatic carbocycles. The predicted octanol–water partition coefficient (Wildman–Crippen LogP) is 0.759. The molecule has 0 aromatic carbocycles. The summed E-state index contributed by atoms with van der Waals surface area (Å²) in [6, 6.07) is 1.89. The van der Waals surface area contributed by atoms with Crippen LogP contribution in [0.4, 0.5) is 0 Å². The molecule has 3 heterocycles. The van der Waals surface area contributed by atoms with E-state index in [-0.39, 0.29) is 12.0 Å². The minimum atomic E-state index is 0.0852. The molecule has 124 valence electrons. The second kappa shape index (κ2) is 6.55. The van der Waals surface area contributed by atoms with E-state index >= 15 is 0 Å². The van der Waals surface area contributed by atoms with Crippen molar-refractivity contribution in [2.45, 2.75) is 18.5 Å². The zero-order valence-corrected chi connectivity index (χ0v) is 13.8. The minimum absolute atomic E-state index is 0.0852. The Kier molecular flexibility index (Phi) is 4.49. The first-order chi connectivity index (χ1) is 11.1. The topological polar surface area (TPSA) is 78.4 Å². The van der Waals surface area contributed by atoms with Gasteiger partial charge < -0.3 is 19.8 Å². The fourth-order valence-corrected chi connectivity index (χ4v) is 3.26. The summed E-state index contributed by atoms with van der Waals surface area (Å²) in [4.78, 5) is 10.9. The molecule has 2 aromatic heterocycles. The molecule has 0 radical (unpaired) electrons. The van der Waals surface area contributed by atoms with Gasteiger partial charge in [-0.1, -0.05) is 0 Å². The van der Waals surface area contributed by atoms with Crippen LogP contribution in [0.25, 0.3) is 0 Å². The Bertz CT molecular complexity index is 672. The van der Waals surface area contributed by atoms with E-state index in [1.807, 2.05) is 24.1 Å². The van der Waals surface area contributed by atoms with Gasteiger partial charge in [0, 0.05) is 62.8 Å². The predicted molar refractivity (Wildman–Crippen MR) is 86.5 cm³/mol. The summed E-state index contributed by atoms with van der Waals surface area (Å²) in [6.07, 6.45) is 5.46. The molecule has 0 unspecified atom stereocenters. The lowest BCUT2D eigenvalue weighted by atomic mass is 10.0. The van der Waals surface area contributed by atoms with Gasteiger partial charge in [-0.15, -0.1) is 0 Å². The van der Waals surface area contributed by atoms with Gasteiger partial charge in [0.2, 0.25) is 0 Å². The summed E-state index contributed by atoms with van der Waals surface area (Å²) in [6.45, 7) is 2.38. The Labute approximate surface area is 136 Å². The monoisotopic (exact) mass is 317 g/mol. The molecule has 2 atom stereocenters. The first-order valence-electron chi connectivity index (χ1n) is 7.64.